The molecule has 3 heteroatoms. The lowest BCUT2D eigenvalue weighted by atomic mass is 9.97. The van der Waals surface area contributed by atoms with Crippen molar-refractivity contribution in [3.63, 3.8) is 0 Å². The molecular weight excluding hydrogens is 176 g/mol. The third kappa shape index (κ3) is 4.09. The molecule has 1 heterocycles. The van der Waals surface area contributed by atoms with E-state index in [4.69, 9.17) is 0 Å². The molecule has 0 bridgehead atoms. The fraction of sp³-hybridized carbons (Fsp3) is 0.909. The number of carbonyl (C=O) groups excluding carboxylic acids is 1. The molecule has 0 aromatic heterocycles. The van der Waals surface area contributed by atoms with E-state index in [0.717, 1.165) is 32.5 Å². The Morgan fingerprint density at radius 3 is 2.79 bits per heavy atom. The molecule has 1 N–H and O–H groups in total. The number of piperidine rings is 1. The molecule has 1 atom stereocenters. The number of nitrogens with one attached hydrogen (secondary N) is 1. The third-order valence-corrected chi connectivity index (χ3v) is 2.62. The Bertz CT molecular complexity index is 186. The molecule has 0 aliphatic carbocycles. The first-order valence-electron chi connectivity index (χ1n) is 5.45. The Balaban J connectivity index is 2.27. The largest absolute Gasteiger partial charge is 0.345 e. The van der Waals surface area contributed by atoms with Crippen LogP contribution in [0.3, 0.4) is 0 Å². The lowest BCUT2D eigenvalue weighted by Crippen LogP contribution is -2.44. The monoisotopic (exact) mass is 198 g/mol. The highest BCUT2D eigenvalue weighted by molar-refractivity contribution is 5.47. The maximum atomic E-state index is 10.6. The van der Waals surface area contributed by atoms with Gasteiger partial charge in [-0.05, 0) is 39.5 Å². The van der Waals surface area contributed by atoms with Gasteiger partial charge in [0.1, 0.15) is 0 Å². The summed E-state index contributed by atoms with van der Waals surface area (Å²) in [5.74, 6) is 0.633. The molecule has 14 heavy (non-hydrogen) atoms. The second-order valence-electron chi connectivity index (χ2n) is 5.24. The van der Waals surface area contributed by atoms with Crippen molar-refractivity contribution in [2.45, 2.75) is 39.2 Å². The number of amides is 1. The zero-order chi connectivity index (χ0) is 10.6. The van der Waals surface area contributed by atoms with Gasteiger partial charge in [0.15, 0.2) is 0 Å². The van der Waals surface area contributed by atoms with Crippen molar-refractivity contribution >= 4 is 6.41 Å². The van der Waals surface area contributed by atoms with Gasteiger partial charge in [-0.2, -0.15) is 0 Å². The third-order valence-electron chi connectivity index (χ3n) is 2.62. The van der Waals surface area contributed by atoms with Gasteiger partial charge >= 0.3 is 0 Å². The van der Waals surface area contributed by atoms with E-state index in [1.807, 2.05) is 4.90 Å². The summed E-state index contributed by atoms with van der Waals surface area (Å²) in [5.41, 5.74) is 0.184. The van der Waals surface area contributed by atoms with Crippen molar-refractivity contribution in [2.75, 3.05) is 19.6 Å². The summed E-state index contributed by atoms with van der Waals surface area (Å²) in [7, 11) is 0. The van der Waals surface area contributed by atoms with Gasteiger partial charge in [0, 0.05) is 25.2 Å². The second-order valence-corrected chi connectivity index (χ2v) is 5.24. The summed E-state index contributed by atoms with van der Waals surface area (Å²) < 4.78 is 0. The van der Waals surface area contributed by atoms with Gasteiger partial charge in [0.05, 0.1) is 0 Å². The van der Waals surface area contributed by atoms with E-state index in [0.29, 0.717) is 5.92 Å². The minimum atomic E-state index is 0.184. The molecule has 0 spiro atoms. The normalized spacial score (nSPS) is 23.6. The van der Waals surface area contributed by atoms with Gasteiger partial charge in [-0.3, -0.25) is 4.79 Å². The summed E-state index contributed by atoms with van der Waals surface area (Å²) in [5, 5.41) is 3.49. The number of rotatable bonds is 3. The van der Waals surface area contributed by atoms with Crippen LogP contribution in [0.5, 0.6) is 0 Å². The van der Waals surface area contributed by atoms with E-state index >= 15 is 0 Å². The van der Waals surface area contributed by atoms with E-state index < -0.39 is 0 Å². The topological polar surface area (TPSA) is 32.3 Å². The zero-order valence-corrected chi connectivity index (χ0v) is 9.55. The SMILES string of the molecule is CC(C)(C)NC[C@H]1CCCN(C=O)C1. The summed E-state index contributed by atoms with van der Waals surface area (Å²) >= 11 is 0. The van der Waals surface area contributed by atoms with E-state index in [9.17, 15) is 4.79 Å². The van der Waals surface area contributed by atoms with Crippen molar-refractivity contribution in [3.05, 3.63) is 0 Å². The fourth-order valence-corrected chi connectivity index (χ4v) is 1.81. The van der Waals surface area contributed by atoms with Crippen LogP contribution in [0.1, 0.15) is 33.6 Å². The molecule has 1 saturated heterocycles. The van der Waals surface area contributed by atoms with E-state index in [2.05, 4.69) is 26.1 Å². The maximum Gasteiger partial charge on any atom is 0.209 e. The number of hydrogen-bond donors (Lipinski definition) is 1. The van der Waals surface area contributed by atoms with Crippen molar-refractivity contribution in [3.8, 4) is 0 Å². The fourth-order valence-electron chi connectivity index (χ4n) is 1.81. The van der Waals surface area contributed by atoms with Gasteiger partial charge in [-0.1, -0.05) is 0 Å². The zero-order valence-electron chi connectivity index (χ0n) is 9.55. The molecule has 0 saturated carbocycles. The van der Waals surface area contributed by atoms with Gasteiger partial charge in [0.25, 0.3) is 0 Å². The smallest absolute Gasteiger partial charge is 0.209 e. The van der Waals surface area contributed by atoms with Crippen LogP contribution < -0.4 is 5.32 Å². The highest BCUT2D eigenvalue weighted by Gasteiger charge is 2.20. The predicted molar refractivity (Wildman–Crippen MR) is 58.1 cm³/mol. The lowest BCUT2D eigenvalue weighted by molar-refractivity contribution is -0.119. The molecule has 82 valence electrons. The van der Waals surface area contributed by atoms with Crippen molar-refractivity contribution in [2.24, 2.45) is 5.92 Å². The maximum absolute atomic E-state index is 10.6. The summed E-state index contributed by atoms with van der Waals surface area (Å²) in [4.78, 5) is 12.5. The van der Waals surface area contributed by atoms with E-state index in [-0.39, 0.29) is 5.54 Å². The van der Waals surface area contributed by atoms with Crippen LogP contribution in [-0.4, -0.2) is 36.5 Å². The quantitative estimate of drug-likeness (QED) is 0.692. The molecule has 0 aromatic carbocycles. The molecular formula is C11H22N2O. The summed E-state index contributed by atoms with van der Waals surface area (Å²) in [6.07, 6.45) is 3.37. The second kappa shape index (κ2) is 4.78. The highest BCUT2D eigenvalue weighted by atomic mass is 16.1. The van der Waals surface area contributed by atoms with Gasteiger partial charge < -0.3 is 10.2 Å². The summed E-state index contributed by atoms with van der Waals surface area (Å²) in [6, 6.07) is 0. The van der Waals surface area contributed by atoms with Crippen LogP contribution in [0.4, 0.5) is 0 Å². The van der Waals surface area contributed by atoms with Gasteiger partial charge in [0.2, 0.25) is 6.41 Å². The molecule has 0 unspecified atom stereocenters. The van der Waals surface area contributed by atoms with Crippen LogP contribution in [0.2, 0.25) is 0 Å². The molecule has 1 amide bonds. The predicted octanol–water partition coefficient (Wildman–Crippen LogP) is 1.24. The number of hydrogen-bond acceptors (Lipinski definition) is 2. The standard InChI is InChI=1S/C11H22N2O/c1-11(2,3)12-7-10-5-4-6-13(8-10)9-14/h9-10,12H,4-8H2,1-3H3/t10-/m1/s1. The summed E-state index contributed by atoms with van der Waals surface area (Å²) in [6.45, 7) is 9.41. The highest BCUT2D eigenvalue weighted by Crippen LogP contribution is 2.15. The first kappa shape index (κ1) is 11.5. The minimum absolute atomic E-state index is 0.184. The molecule has 1 fully saturated rings. The average molecular weight is 198 g/mol. The molecule has 0 aromatic rings. The number of likely N-dealkylation sites (tertiary alicyclic amines) is 1. The van der Waals surface area contributed by atoms with Crippen LogP contribution in [-0.2, 0) is 4.79 Å². The van der Waals surface area contributed by atoms with E-state index in [1.165, 1.54) is 6.42 Å². The first-order chi connectivity index (χ1) is 6.51. The molecule has 1 aliphatic rings. The van der Waals surface area contributed by atoms with Crippen LogP contribution in [0.25, 0.3) is 0 Å². The Kier molecular flexibility index (Phi) is 3.93. The van der Waals surface area contributed by atoms with Crippen molar-refractivity contribution in [1.29, 1.82) is 0 Å². The average Bonchev–Trinajstić information content (AvgIpc) is 2.14. The van der Waals surface area contributed by atoms with Crippen LogP contribution in [0, 0.1) is 5.92 Å². The number of carbonyl (C=O) groups is 1. The molecule has 1 rings (SSSR count). The Morgan fingerprint density at radius 1 is 1.50 bits per heavy atom. The van der Waals surface area contributed by atoms with Gasteiger partial charge in [-0.25, -0.2) is 0 Å². The van der Waals surface area contributed by atoms with Gasteiger partial charge in [-0.15, -0.1) is 0 Å². The first-order valence-corrected chi connectivity index (χ1v) is 5.45. The molecule has 1 aliphatic heterocycles. The van der Waals surface area contributed by atoms with Crippen molar-refractivity contribution < 1.29 is 4.79 Å². The van der Waals surface area contributed by atoms with Crippen LogP contribution in [0.15, 0.2) is 0 Å². The Morgan fingerprint density at radius 2 is 2.21 bits per heavy atom. The molecule has 3 nitrogen and oxygen atoms in total. The molecule has 0 radical (unpaired) electrons. The van der Waals surface area contributed by atoms with Crippen LogP contribution >= 0.6 is 0 Å². The van der Waals surface area contributed by atoms with E-state index in [1.54, 1.807) is 0 Å². The van der Waals surface area contributed by atoms with Crippen molar-refractivity contribution in [1.82, 2.24) is 10.2 Å². The minimum Gasteiger partial charge on any atom is -0.345 e. The Labute approximate surface area is 86.9 Å². The number of nitrogens with zero attached hydrogens (tertiary/aromatic N) is 1. The Hall–Kier alpha value is -0.570. The lowest BCUT2D eigenvalue weighted by Gasteiger charge is -2.32.